The van der Waals surface area contributed by atoms with Gasteiger partial charge < -0.3 is 16.0 Å². The highest BCUT2D eigenvalue weighted by molar-refractivity contribution is 5.52. The summed E-state index contributed by atoms with van der Waals surface area (Å²) in [4.78, 5) is 4.33. The van der Waals surface area contributed by atoms with Crippen LogP contribution < -0.4 is 11.5 Å². The van der Waals surface area contributed by atoms with Crippen molar-refractivity contribution >= 4 is 11.4 Å². The Labute approximate surface area is 110 Å². The predicted molar refractivity (Wildman–Crippen MR) is 76.0 cm³/mol. The number of aromatic nitrogens is 1. The number of quaternary nitrogens is 1. The second-order valence-corrected chi connectivity index (χ2v) is 5.76. The maximum Gasteiger partial charge on any atom is 0.0788 e. The molecule has 1 fully saturated rings. The average Bonchev–Trinajstić information content (AvgIpc) is 2.33. The third-order valence-electron chi connectivity index (χ3n) is 4.03. The molecule has 0 aromatic carbocycles. The average molecular weight is 249 g/mol. The van der Waals surface area contributed by atoms with Gasteiger partial charge in [-0.3, -0.25) is 4.98 Å². The first kappa shape index (κ1) is 13.1. The number of anilines is 2. The SMILES string of the molecule is C[N+]1(CCCc2ncc(N)cc2N)CCCCC1. The summed E-state index contributed by atoms with van der Waals surface area (Å²) in [7, 11) is 2.37. The Hall–Kier alpha value is -1.29. The largest absolute Gasteiger partial charge is 0.397 e. The van der Waals surface area contributed by atoms with Crippen LogP contribution in [0.5, 0.6) is 0 Å². The number of rotatable bonds is 4. The van der Waals surface area contributed by atoms with E-state index in [1.807, 2.05) is 0 Å². The fourth-order valence-electron chi connectivity index (χ4n) is 2.86. The van der Waals surface area contributed by atoms with Gasteiger partial charge in [-0.05, 0) is 31.7 Å². The molecule has 2 rings (SSSR count). The summed E-state index contributed by atoms with van der Waals surface area (Å²) in [5.74, 6) is 0. The van der Waals surface area contributed by atoms with Crippen LogP contribution in [0.3, 0.4) is 0 Å². The summed E-state index contributed by atoms with van der Waals surface area (Å²) in [6, 6.07) is 1.81. The maximum absolute atomic E-state index is 5.93. The summed E-state index contributed by atoms with van der Waals surface area (Å²) in [5, 5.41) is 0. The molecule has 18 heavy (non-hydrogen) atoms. The lowest BCUT2D eigenvalue weighted by Crippen LogP contribution is -2.48. The molecule has 0 aliphatic carbocycles. The molecule has 4 heteroatoms. The van der Waals surface area contributed by atoms with Gasteiger partial charge in [0.15, 0.2) is 0 Å². The predicted octanol–water partition coefficient (Wildman–Crippen LogP) is 1.81. The number of nitrogens with two attached hydrogens (primary N) is 2. The van der Waals surface area contributed by atoms with Crippen LogP contribution in [0, 0.1) is 0 Å². The van der Waals surface area contributed by atoms with Gasteiger partial charge in [0, 0.05) is 6.42 Å². The first-order valence-electron chi connectivity index (χ1n) is 6.92. The van der Waals surface area contributed by atoms with E-state index in [9.17, 15) is 0 Å². The highest BCUT2D eigenvalue weighted by Crippen LogP contribution is 2.19. The molecule has 1 aromatic rings. The summed E-state index contributed by atoms with van der Waals surface area (Å²) >= 11 is 0. The van der Waals surface area contributed by atoms with E-state index >= 15 is 0 Å². The van der Waals surface area contributed by atoms with Crippen molar-refractivity contribution in [3.63, 3.8) is 0 Å². The Morgan fingerprint density at radius 1 is 1.22 bits per heavy atom. The Morgan fingerprint density at radius 3 is 2.61 bits per heavy atom. The molecule has 0 atom stereocenters. The Bertz CT molecular complexity index is 397. The maximum atomic E-state index is 5.93. The lowest BCUT2D eigenvalue weighted by molar-refractivity contribution is -0.914. The van der Waals surface area contributed by atoms with Crippen molar-refractivity contribution in [2.45, 2.75) is 32.1 Å². The zero-order chi connectivity index (χ0) is 13.0. The molecule has 1 saturated heterocycles. The van der Waals surface area contributed by atoms with Crippen molar-refractivity contribution in [2.75, 3.05) is 38.1 Å². The van der Waals surface area contributed by atoms with Crippen molar-refractivity contribution < 1.29 is 4.48 Å². The molecule has 0 saturated carbocycles. The van der Waals surface area contributed by atoms with E-state index in [4.69, 9.17) is 11.5 Å². The van der Waals surface area contributed by atoms with Gasteiger partial charge in [0.2, 0.25) is 0 Å². The smallest absolute Gasteiger partial charge is 0.0788 e. The van der Waals surface area contributed by atoms with Crippen LogP contribution in [-0.2, 0) is 6.42 Å². The fraction of sp³-hybridized carbons (Fsp3) is 0.643. The summed E-state index contributed by atoms with van der Waals surface area (Å²) in [6.07, 6.45) is 7.96. The van der Waals surface area contributed by atoms with E-state index in [0.29, 0.717) is 5.69 Å². The van der Waals surface area contributed by atoms with Crippen LogP contribution >= 0.6 is 0 Å². The third-order valence-corrected chi connectivity index (χ3v) is 4.03. The summed E-state index contributed by atoms with van der Waals surface area (Å²) in [5.41, 5.74) is 13.9. The molecule has 1 aliphatic rings. The van der Waals surface area contributed by atoms with Crippen LogP contribution in [0.1, 0.15) is 31.4 Å². The van der Waals surface area contributed by atoms with Gasteiger partial charge in [0.05, 0.1) is 49.9 Å². The number of pyridine rings is 1. The van der Waals surface area contributed by atoms with E-state index in [1.54, 1.807) is 12.3 Å². The Balaban J connectivity index is 1.84. The number of nitrogens with zero attached hydrogens (tertiary/aromatic N) is 2. The van der Waals surface area contributed by atoms with Gasteiger partial charge in [-0.2, -0.15) is 0 Å². The zero-order valence-corrected chi connectivity index (χ0v) is 11.4. The van der Waals surface area contributed by atoms with Crippen LogP contribution in [0.2, 0.25) is 0 Å². The lowest BCUT2D eigenvalue weighted by Gasteiger charge is -2.37. The Morgan fingerprint density at radius 2 is 1.94 bits per heavy atom. The number of nitrogen functional groups attached to an aromatic ring is 2. The minimum absolute atomic E-state index is 0.645. The van der Waals surface area contributed by atoms with Crippen molar-refractivity contribution in [2.24, 2.45) is 0 Å². The normalized spacial score (nSPS) is 18.7. The summed E-state index contributed by atoms with van der Waals surface area (Å²) < 4.78 is 1.22. The molecule has 4 N–H and O–H groups in total. The van der Waals surface area contributed by atoms with E-state index < -0.39 is 0 Å². The van der Waals surface area contributed by atoms with E-state index in [2.05, 4.69) is 12.0 Å². The molecule has 0 radical (unpaired) electrons. The standard InChI is InChI=1S/C14H25N4/c1-18(7-3-2-4-8-18)9-5-6-14-13(16)10-12(15)11-17-14/h10-11H,2-9,15-16H2,1H3/q+1. The van der Waals surface area contributed by atoms with Crippen molar-refractivity contribution in [1.82, 2.24) is 4.98 Å². The molecule has 1 aliphatic heterocycles. The number of aryl methyl sites for hydroxylation is 1. The number of hydrogen-bond donors (Lipinski definition) is 2. The van der Waals surface area contributed by atoms with E-state index in [1.165, 1.54) is 43.4 Å². The molecule has 1 aromatic heterocycles. The molecule has 0 unspecified atom stereocenters. The van der Waals surface area contributed by atoms with Crippen molar-refractivity contribution in [3.05, 3.63) is 18.0 Å². The number of likely N-dealkylation sites (tertiary alicyclic amines) is 1. The minimum Gasteiger partial charge on any atom is -0.397 e. The van der Waals surface area contributed by atoms with Crippen molar-refractivity contribution in [1.29, 1.82) is 0 Å². The van der Waals surface area contributed by atoms with Gasteiger partial charge in [-0.25, -0.2) is 0 Å². The molecule has 2 heterocycles. The fourth-order valence-corrected chi connectivity index (χ4v) is 2.86. The molecule has 0 amide bonds. The molecule has 0 spiro atoms. The van der Waals surface area contributed by atoms with Gasteiger partial charge in [-0.15, -0.1) is 0 Å². The third kappa shape index (κ3) is 3.35. The lowest BCUT2D eigenvalue weighted by atomic mass is 10.1. The van der Waals surface area contributed by atoms with Gasteiger partial charge >= 0.3 is 0 Å². The van der Waals surface area contributed by atoms with Gasteiger partial charge in [0.1, 0.15) is 0 Å². The molecular weight excluding hydrogens is 224 g/mol. The van der Waals surface area contributed by atoms with Crippen LogP contribution in [0.4, 0.5) is 11.4 Å². The van der Waals surface area contributed by atoms with E-state index in [0.717, 1.165) is 24.2 Å². The molecule has 100 valence electrons. The number of hydrogen-bond acceptors (Lipinski definition) is 3. The van der Waals surface area contributed by atoms with Crippen LogP contribution in [0.25, 0.3) is 0 Å². The first-order valence-corrected chi connectivity index (χ1v) is 6.92. The zero-order valence-electron chi connectivity index (χ0n) is 11.4. The van der Waals surface area contributed by atoms with Crippen LogP contribution in [-0.4, -0.2) is 36.1 Å². The highest BCUT2D eigenvalue weighted by atomic mass is 15.3. The topological polar surface area (TPSA) is 64.9 Å². The van der Waals surface area contributed by atoms with Gasteiger partial charge in [0.25, 0.3) is 0 Å². The van der Waals surface area contributed by atoms with Crippen molar-refractivity contribution in [3.8, 4) is 0 Å². The second-order valence-electron chi connectivity index (χ2n) is 5.76. The highest BCUT2D eigenvalue weighted by Gasteiger charge is 2.23. The molecule has 0 bridgehead atoms. The van der Waals surface area contributed by atoms with E-state index in [-0.39, 0.29) is 0 Å². The van der Waals surface area contributed by atoms with Gasteiger partial charge in [-0.1, -0.05) is 0 Å². The second kappa shape index (κ2) is 5.57. The minimum atomic E-state index is 0.645. The monoisotopic (exact) mass is 249 g/mol. The van der Waals surface area contributed by atoms with Crippen LogP contribution in [0.15, 0.2) is 12.3 Å². The summed E-state index contributed by atoms with van der Waals surface area (Å²) in [6.45, 7) is 3.88. The first-order chi connectivity index (χ1) is 8.59. The Kier molecular flexibility index (Phi) is 4.07. The molecule has 4 nitrogen and oxygen atoms in total. The molecular formula is C14H25N4+. The quantitative estimate of drug-likeness (QED) is 0.800. The number of piperidine rings is 1.